The van der Waals surface area contributed by atoms with Crippen LogP contribution in [0.4, 0.5) is 0 Å². The van der Waals surface area contributed by atoms with E-state index in [9.17, 15) is 0 Å². The third kappa shape index (κ3) is 3.16. The van der Waals surface area contributed by atoms with Crippen LogP contribution in [0, 0.1) is 6.92 Å². The summed E-state index contributed by atoms with van der Waals surface area (Å²) in [5, 5.41) is 29.2. The third-order valence-electron chi connectivity index (χ3n) is 1.46. The van der Waals surface area contributed by atoms with Gasteiger partial charge in [0, 0.05) is 6.04 Å². The minimum absolute atomic E-state index is 0.124. The second kappa shape index (κ2) is 4.66. The quantitative estimate of drug-likeness (QED) is 0.397. The third-order valence-corrected chi connectivity index (χ3v) is 1.46. The van der Waals surface area contributed by atoms with E-state index >= 15 is 0 Å². The van der Waals surface area contributed by atoms with Crippen molar-refractivity contribution in [2.24, 2.45) is 0 Å². The zero-order chi connectivity index (χ0) is 8.91. The molecule has 0 rings (SSSR count). The number of aliphatic hydroxyl groups excluding tert-OH is 3. The van der Waals surface area contributed by atoms with Gasteiger partial charge < -0.3 is 20.6 Å². The maximum Gasteiger partial charge on any atom is 0.0883 e. The van der Waals surface area contributed by atoms with Crippen molar-refractivity contribution in [1.82, 2.24) is 5.32 Å². The molecule has 0 aromatic carbocycles. The van der Waals surface area contributed by atoms with Crippen molar-refractivity contribution >= 4 is 0 Å². The van der Waals surface area contributed by atoms with Crippen LogP contribution in [0.1, 0.15) is 6.92 Å². The first-order valence-electron chi connectivity index (χ1n) is 3.53. The fourth-order valence-electron chi connectivity index (χ4n) is 0.810. The van der Waals surface area contributed by atoms with Gasteiger partial charge in [0.2, 0.25) is 0 Å². The Labute approximate surface area is 66.9 Å². The van der Waals surface area contributed by atoms with E-state index in [2.05, 4.69) is 12.2 Å². The smallest absolute Gasteiger partial charge is 0.0883 e. The maximum atomic E-state index is 8.82. The first-order valence-corrected chi connectivity index (χ1v) is 3.53. The van der Waals surface area contributed by atoms with Crippen LogP contribution < -0.4 is 5.32 Å². The predicted molar refractivity (Wildman–Crippen MR) is 41.9 cm³/mol. The molecule has 0 aliphatic rings. The van der Waals surface area contributed by atoms with E-state index in [-0.39, 0.29) is 25.9 Å². The van der Waals surface area contributed by atoms with E-state index < -0.39 is 5.54 Å². The molecule has 0 aliphatic heterocycles. The molecule has 0 spiro atoms. The number of hydrogen-bond acceptors (Lipinski definition) is 4. The highest BCUT2D eigenvalue weighted by atomic mass is 16.3. The van der Waals surface area contributed by atoms with Gasteiger partial charge in [-0.25, -0.2) is 0 Å². The summed E-state index contributed by atoms with van der Waals surface area (Å²) in [6, 6.07) is -0.124. The molecule has 0 fully saturated rings. The molecule has 0 heterocycles. The van der Waals surface area contributed by atoms with Gasteiger partial charge >= 0.3 is 0 Å². The first-order chi connectivity index (χ1) is 5.10. The summed E-state index contributed by atoms with van der Waals surface area (Å²) in [6.07, 6.45) is 0. The second-order valence-electron chi connectivity index (χ2n) is 2.80. The van der Waals surface area contributed by atoms with E-state index in [4.69, 9.17) is 15.3 Å². The first kappa shape index (κ1) is 10.8. The average molecular weight is 162 g/mol. The molecule has 0 aromatic heterocycles. The van der Waals surface area contributed by atoms with Crippen LogP contribution in [0.15, 0.2) is 0 Å². The van der Waals surface area contributed by atoms with Gasteiger partial charge in [-0.15, -0.1) is 0 Å². The van der Waals surface area contributed by atoms with Crippen molar-refractivity contribution in [3.05, 3.63) is 6.92 Å². The van der Waals surface area contributed by atoms with Crippen LogP contribution in [0.2, 0.25) is 0 Å². The van der Waals surface area contributed by atoms with Crippen LogP contribution in [-0.2, 0) is 0 Å². The summed E-state index contributed by atoms with van der Waals surface area (Å²) in [4.78, 5) is 0. The zero-order valence-corrected chi connectivity index (χ0v) is 6.75. The van der Waals surface area contributed by atoms with Crippen molar-refractivity contribution in [1.29, 1.82) is 0 Å². The Morgan fingerprint density at radius 2 is 1.64 bits per heavy atom. The Kier molecular flexibility index (Phi) is 4.60. The van der Waals surface area contributed by atoms with Crippen molar-refractivity contribution in [3.8, 4) is 0 Å². The summed E-state index contributed by atoms with van der Waals surface area (Å²) < 4.78 is 0. The Bertz CT molecular complexity index is 93.6. The molecule has 1 radical (unpaired) electrons. The summed E-state index contributed by atoms with van der Waals surface area (Å²) in [5.74, 6) is 0. The predicted octanol–water partition coefficient (Wildman–Crippen LogP) is -1.49. The molecule has 0 bridgehead atoms. The summed E-state index contributed by atoms with van der Waals surface area (Å²) >= 11 is 0. The number of hydrogen-bond donors (Lipinski definition) is 4. The van der Waals surface area contributed by atoms with Gasteiger partial charge in [0.1, 0.15) is 0 Å². The van der Waals surface area contributed by atoms with Crippen LogP contribution in [0.5, 0.6) is 0 Å². The van der Waals surface area contributed by atoms with Crippen molar-refractivity contribution in [2.45, 2.75) is 18.5 Å². The van der Waals surface area contributed by atoms with Crippen molar-refractivity contribution < 1.29 is 15.3 Å². The highest BCUT2D eigenvalue weighted by molar-refractivity contribution is 4.88. The molecule has 11 heavy (non-hydrogen) atoms. The van der Waals surface area contributed by atoms with Crippen LogP contribution in [0.25, 0.3) is 0 Å². The van der Waals surface area contributed by atoms with Crippen LogP contribution in [0.3, 0.4) is 0 Å². The van der Waals surface area contributed by atoms with E-state index in [0.717, 1.165) is 0 Å². The number of aliphatic hydroxyl groups is 3. The molecule has 4 heteroatoms. The maximum absolute atomic E-state index is 8.82. The molecule has 0 saturated heterocycles. The minimum Gasteiger partial charge on any atom is -0.394 e. The molecule has 67 valence electrons. The molecule has 4 nitrogen and oxygen atoms in total. The largest absolute Gasteiger partial charge is 0.394 e. The Balaban J connectivity index is 4.05. The molecular formula is C7H16NO3. The lowest BCUT2D eigenvalue weighted by molar-refractivity contribution is 0.0389. The highest BCUT2D eigenvalue weighted by Gasteiger charge is 2.27. The van der Waals surface area contributed by atoms with E-state index in [1.54, 1.807) is 6.92 Å². The van der Waals surface area contributed by atoms with E-state index in [1.807, 2.05) is 0 Å². The van der Waals surface area contributed by atoms with Gasteiger partial charge in [0.25, 0.3) is 0 Å². The van der Waals surface area contributed by atoms with Crippen molar-refractivity contribution in [2.75, 3.05) is 19.8 Å². The van der Waals surface area contributed by atoms with Gasteiger partial charge in [-0.1, -0.05) is 0 Å². The molecule has 1 unspecified atom stereocenters. The van der Waals surface area contributed by atoms with Gasteiger partial charge in [-0.05, 0) is 13.8 Å². The molecule has 1 atom stereocenters. The fourth-order valence-corrected chi connectivity index (χ4v) is 0.810. The summed E-state index contributed by atoms with van der Waals surface area (Å²) in [7, 11) is 0. The van der Waals surface area contributed by atoms with Crippen LogP contribution >= 0.6 is 0 Å². The number of nitrogens with one attached hydrogen (secondary N) is 1. The SMILES string of the molecule is [CH2]C(C)NC(CO)(CO)CO. The summed E-state index contributed by atoms with van der Waals surface area (Å²) in [5.41, 5.74) is -0.999. The molecule has 0 aliphatic carbocycles. The Morgan fingerprint density at radius 3 is 1.73 bits per heavy atom. The Morgan fingerprint density at radius 1 is 1.27 bits per heavy atom. The van der Waals surface area contributed by atoms with Gasteiger partial charge in [-0.2, -0.15) is 0 Å². The van der Waals surface area contributed by atoms with Crippen LogP contribution in [-0.4, -0.2) is 46.7 Å². The Hall–Kier alpha value is -0.160. The lowest BCUT2D eigenvalue weighted by atomic mass is 10.0. The monoisotopic (exact) mass is 162 g/mol. The fraction of sp³-hybridized carbons (Fsp3) is 0.857. The zero-order valence-electron chi connectivity index (χ0n) is 6.75. The number of rotatable bonds is 5. The topological polar surface area (TPSA) is 72.7 Å². The normalized spacial score (nSPS) is 12.5. The van der Waals surface area contributed by atoms with Gasteiger partial charge in [-0.3, -0.25) is 0 Å². The lowest BCUT2D eigenvalue weighted by Crippen LogP contribution is -2.57. The second-order valence-corrected chi connectivity index (χ2v) is 2.80. The molecule has 0 saturated carbocycles. The van der Waals surface area contributed by atoms with E-state index in [0.29, 0.717) is 0 Å². The van der Waals surface area contributed by atoms with Gasteiger partial charge in [0.05, 0.1) is 25.4 Å². The molecule has 4 N–H and O–H groups in total. The highest BCUT2D eigenvalue weighted by Crippen LogP contribution is 2.02. The summed E-state index contributed by atoms with van der Waals surface area (Å²) in [6.45, 7) is 4.48. The minimum atomic E-state index is -0.999. The van der Waals surface area contributed by atoms with Crippen molar-refractivity contribution in [3.63, 3.8) is 0 Å². The molecular weight excluding hydrogens is 146 g/mol. The van der Waals surface area contributed by atoms with E-state index in [1.165, 1.54) is 0 Å². The standard InChI is InChI=1S/C7H16NO3/c1-6(2)8-7(3-9,4-10)5-11/h6,8-11H,1,3-5H2,2H3. The molecule has 0 amide bonds. The molecule has 0 aromatic rings. The lowest BCUT2D eigenvalue weighted by Gasteiger charge is -2.30. The van der Waals surface area contributed by atoms with Gasteiger partial charge in [0.15, 0.2) is 0 Å². The average Bonchev–Trinajstić information content (AvgIpc) is 2.00.